The van der Waals surface area contributed by atoms with Crippen molar-refractivity contribution in [3.05, 3.63) is 76.5 Å². The van der Waals surface area contributed by atoms with Crippen molar-refractivity contribution in [2.45, 2.75) is 48.6 Å². The van der Waals surface area contributed by atoms with E-state index in [9.17, 15) is 4.79 Å². The largest absolute Gasteiger partial charge is 0.348 e. The van der Waals surface area contributed by atoms with Gasteiger partial charge in [-0.05, 0) is 36.8 Å². The van der Waals surface area contributed by atoms with Crippen LogP contribution in [0.1, 0.15) is 45.0 Å². The Morgan fingerprint density at radius 1 is 1.18 bits per heavy atom. The molecule has 0 bridgehead atoms. The summed E-state index contributed by atoms with van der Waals surface area (Å²) < 4.78 is 2.10. The molecule has 0 saturated heterocycles. The van der Waals surface area contributed by atoms with Gasteiger partial charge in [0.05, 0.1) is 11.3 Å². The lowest BCUT2D eigenvalue weighted by Crippen LogP contribution is -2.42. The molecule has 1 atom stereocenters. The molecule has 2 aromatic heterocycles. The number of allylic oxidation sites excluding steroid dienone is 1. The molecule has 1 unspecified atom stereocenters. The SMILES string of the molecule is C=CCn1c(CSC2NC(=O)c3c(sc4c3CCCC4)N2)nnc1SC/C=C/c1ccccc1. The zero-order valence-corrected chi connectivity index (χ0v) is 21.3. The zero-order valence-electron chi connectivity index (χ0n) is 18.8. The number of amides is 1. The molecule has 1 aliphatic heterocycles. The number of nitrogens with one attached hydrogen (secondary N) is 2. The van der Waals surface area contributed by atoms with Crippen molar-refractivity contribution in [3.8, 4) is 0 Å². The van der Waals surface area contributed by atoms with Crippen LogP contribution in [-0.4, -0.2) is 31.9 Å². The summed E-state index contributed by atoms with van der Waals surface area (Å²) in [4.78, 5) is 14.2. The van der Waals surface area contributed by atoms with Crippen molar-refractivity contribution < 1.29 is 4.79 Å². The highest BCUT2D eigenvalue weighted by molar-refractivity contribution is 7.99. The van der Waals surface area contributed by atoms with Crippen molar-refractivity contribution in [2.24, 2.45) is 0 Å². The summed E-state index contributed by atoms with van der Waals surface area (Å²) in [6.45, 7) is 4.55. The van der Waals surface area contributed by atoms with Crippen LogP contribution in [0.5, 0.6) is 0 Å². The first-order valence-electron chi connectivity index (χ1n) is 11.4. The zero-order chi connectivity index (χ0) is 23.3. The highest BCUT2D eigenvalue weighted by atomic mass is 32.2. The Morgan fingerprint density at radius 2 is 2.03 bits per heavy atom. The predicted octanol–water partition coefficient (Wildman–Crippen LogP) is 5.58. The molecular weight excluding hydrogens is 483 g/mol. The summed E-state index contributed by atoms with van der Waals surface area (Å²) >= 11 is 5.03. The second kappa shape index (κ2) is 10.8. The molecule has 1 aliphatic carbocycles. The van der Waals surface area contributed by atoms with Gasteiger partial charge in [0.1, 0.15) is 16.3 Å². The summed E-state index contributed by atoms with van der Waals surface area (Å²) in [5.74, 6) is 2.37. The van der Waals surface area contributed by atoms with E-state index in [1.165, 1.54) is 28.8 Å². The molecule has 176 valence electrons. The van der Waals surface area contributed by atoms with E-state index < -0.39 is 0 Å². The number of anilines is 1. The molecule has 0 fully saturated rings. The Morgan fingerprint density at radius 3 is 2.88 bits per heavy atom. The topological polar surface area (TPSA) is 71.8 Å². The average molecular weight is 510 g/mol. The predicted molar refractivity (Wildman–Crippen MR) is 144 cm³/mol. The lowest BCUT2D eigenvalue weighted by Gasteiger charge is -2.25. The molecule has 0 saturated carbocycles. The minimum absolute atomic E-state index is 0.0413. The molecule has 0 spiro atoms. The maximum absolute atomic E-state index is 12.8. The van der Waals surface area contributed by atoms with Gasteiger partial charge in [-0.3, -0.25) is 4.79 Å². The van der Waals surface area contributed by atoms with Crippen LogP contribution in [0.2, 0.25) is 0 Å². The van der Waals surface area contributed by atoms with Crippen LogP contribution in [0.3, 0.4) is 0 Å². The molecule has 3 heterocycles. The highest BCUT2D eigenvalue weighted by Crippen LogP contribution is 2.40. The van der Waals surface area contributed by atoms with Gasteiger partial charge in [-0.1, -0.05) is 60.3 Å². The normalized spacial score (nSPS) is 17.2. The number of thioether (sulfide) groups is 2. The van der Waals surface area contributed by atoms with E-state index in [2.05, 4.69) is 56.3 Å². The minimum atomic E-state index is -0.182. The van der Waals surface area contributed by atoms with E-state index in [0.29, 0.717) is 12.3 Å². The van der Waals surface area contributed by atoms with Crippen molar-refractivity contribution in [2.75, 3.05) is 11.1 Å². The van der Waals surface area contributed by atoms with Gasteiger partial charge < -0.3 is 15.2 Å². The third kappa shape index (κ3) is 5.11. The van der Waals surface area contributed by atoms with Crippen LogP contribution in [0.4, 0.5) is 5.00 Å². The molecule has 1 amide bonds. The second-order valence-electron chi connectivity index (χ2n) is 8.15. The number of hydrogen-bond acceptors (Lipinski definition) is 7. The van der Waals surface area contributed by atoms with Crippen LogP contribution >= 0.6 is 34.9 Å². The molecule has 6 nitrogen and oxygen atoms in total. The Labute approximate surface area is 212 Å². The summed E-state index contributed by atoms with van der Waals surface area (Å²) in [7, 11) is 0. The van der Waals surface area contributed by atoms with Gasteiger partial charge in [0.15, 0.2) is 5.16 Å². The van der Waals surface area contributed by atoms with Gasteiger partial charge in [-0.15, -0.1) is 39.9 Å². The average Bonchev–Trinajstić information content (AvgIpc) is 3.42. The molecule has 3 aromatic rings. The number of carbonyl (C=O) groups is 1. The standard InChI is InChI=1S/C25H27N5OS3/c1-2-14-30-20(28-29-25(30)32-15-8-11-17-9-4-3-5-10-17)16-33-24-26-22(31)21-18-12-6-7-13-19(18)34-23(21)27-24/h2-5,8-11,24,27H,1,6-7,12-16H2,(H,26,31)/b11-8+. The molecule has 0 radical (unpaired) electrons. The van der Waals surface area contributed by atoms with Crippen molar-refractivity contribution in [3.63, 3.8) is 0 Å². The summed E-state index contributed by atoms with van der Waals surface area (Å²) in [6, 6.07) is 10.3. The Kier molecular flexibility index (Phi) is 7.42. The summed E-state index contributed by atoms with van der Waals surface area (Å²) in [5.41, 5.74) is 3.13. The van der Waals surface area contributed by atoms with Crippen LogP contribution in [0, 0.1) is 0 Å². The van der Waals surface area contributed by atoms with Gasteiger partial charge in [0.25, 0.3) is 5.91 Å². The van der Waals surface area contributed by atoms with E-state index in [1.54, 1.807) is 34.9 Å². The number of hydrogen-bond donors (Lipinski definition) is 2. The maximum atomic E-state index is 12.8. The number of rotatable bonds is 9. The minimum Gasteiger partial charge on any atom is -0.348 e. The summed E-state index contributed by atoms with van der Waals surface area (Å²) in [5, 5.41) is 17.4. The second-order valence-corrected chi connectivity index (χ2v) is 11.3. The fourth-order valence-corrected chi connectivity index (χ4v) is 7.30. The fourth-order valence-electron chi connectivity index (χ4n) is 4.21. The Balaban J connectivity index is 1.21. The molecule has 1 aromatic carbocycles. The smallest absolute Gasteiger partial charge is 0.256 e. The lowest BCUT2D eigenvalue weighted by molar-refractivity contribution is 0.0948. The van der Waals surface area contributed by atoms with E-state index in [4.69, 9.17) is 0 Å². The van der Waals surface area contributed by atoms with Crippen molar-refractivity contribution in [1.82, 2.24) is 20.1 Å². The third-order valence-electron chi connectivity index (χ3n) is 5.83. The van der Waals surface area contributed by atoms with Gasteiger partial charge >= 0.3 is 0 Å². The fraction of sp³-hybridized carbons (Fsp3) is 0.320. The molecular formula is C25H27N5OS3. The van der Waals surface area contributed by atoms with Crippen molar-refractivity contribution >= 4 is 51.8 Å². The number of aryl methyl sites for hydroxylation is 1. The number of fused-ring (bicyclic) bond motifs is 3. The number of nitrogens with zero attached hydrogens (tertiary/aromatic N) is 3. The Bertz CT molecular complexity index is 1200. The first-order chi connectivity index (χ1) is 16.7. The lowest BCUT2D eigenvalue weighted by atomic mass is 9.95. The molecule has 2 aliphatic rings. The van der Waals surface area contributed by atoms with E-state index in [1.807, 2.05) is 24.3 Å². The first-order valence-corrected chi connectivity index (χ1v) is 14.3. The van der Waals surface area contributed by atoms with E-state index in [-0.39, 0.29) is 11.4 Å². The van der Waals surface area contributed by atoms with E-state index in [0.717, 1.165) is 40.1 Å². The van der Waals surface area contributed by atoms with Crippen molar-refractivity contribution in [1.29, 1.82) is 0 Å². The summed E-state index contributed by atoms with van der Waals surface area (Å²) in [6.07, 6.45) is 10.6. The number of thiophene rings is 1. The molecule has 2 N–H and O–H groups in total. The quantitative estimate of drug-likeness (QED) is 0.290. The number of carbonyl (C=O) groups excluding carboxylic acids is 1. The number of benzene rings is 1. The first kappa shape index (κ1) is 23.3. The van der Waals surface area contributed by atoms with Gasteiger partial charge in [-0.2, -0.15) is 0 Å². The molecule has 5 rings (SSSR count). The third-order valence-corrected chi connectivity index (χ3v) is 8.96. The van der Waals surface area contributed by atoms with Gasteiger partial charge in [-0.25, -0.2) is 0 Å². The van der Waals surface area contributed by atoms with Crippen LogP contribution in [0.25, 0.3) is 6.08 Å². The van der Waals surface area contributed by atoms with Crippen LogP contribution in [0.15, 0.2) is 54.2 Å². The van der Waals surface area contributed by atoms with Gasteiger partial charge in [0, 0.05) is 17.2 Å². The number of aromatic nitrogens is 3. The van der Waals surface area contributed by atoms with Crippen LogP contribution in [-0.2, 0) is 25.1 Å². The molecule has 34 heavy (non-hydrogen) atoms. The monoisotopic (exact) mass is 509 g/mol. The highest BCUT2D eigenvalue weighted by Gasteiger charge is 2.31. The molecule has 9 heteroatoms. The van der Waals surface area contributed by atoms with Gasteiger partial charge in [0.2, 0.25) is 0 Å². The van der Waals surface area contributed by atoms with E-state index >= 15 is 0 Å². The maximum Gasteiger partial charge on any atom is 0.256 e. The van der Waals surface area contributed by atoms with Crippen LogP contribution < -0.4 is 10.6 Å². The Hall–Kier alpha value is -2.49.